The van der Waals surface area contributed by atoms with Crippen LogP contribution in [0.3, 0.4) is 0 Å². The average Bonchev–Trinajstić information content (AvgIpc) is 3.01. The monoisotopic (exact) mass is 275 g/mol. The Bertz CT molecular complexity index is 490. The van der Waals surface area contributed by atoms with Gasteiger partial charge in [-0.2, -0.15) is 5.48 Å². The molecule has 0 bridgehead atoms. The molecule has 1 aromatic rings. The number of nitrogens with one attached hydrogen (secondary N) is 2. The predicted octanol–water partition coefficient (Wildman–Crippen LogP) is 1.28. The first-order chi connectivity index (χ1) is 9.88. The minimum atomic E-state index is 0.381. The Morgan fingerprint density at radius 1 is 1.40 bits per heavy atom. The fraction of sp³-hybridized carbons (Fsp3) is 0.467. The molecule has 0 amide bonds. The van der Waals surface area contributed by atoms with Crippen molar-refractivity contribution in [3.8, 4) is 5.75 Å². The summed E-state index contributed by atoms with van der Waals surface area (Å²) < 4.78 is 5.50. The number of piperazine rings is 1. The molecule has 108 valence electrons. The number of para-hydroxylation sites is 2. The van der Waals surface area contributed by atoms with Gasteiger partial charge in [-0.15, -0.1) is 0 Å². The highest BCUT2D eigenvalue weighted by atomic mass is 16.7. The second kappa shape index (κ2) is 6.15. The number of methoxy groups -OCH3 is 1. The van der Waals surface area contributed by atoms with Gasteiger partial charge >= 0.3 is 0 Å². The molecule has 2 aliphatic rings. The van der Waals surface area contributed by atoms with Crippen molar-refractivity contribution in [3.05, 3.63) is 36.1 Å². The van der Waals surface area contributed by atoms with Crippen LogP contribution in [0.2, 0.25) is 0 Å². The average molecular weight is 275 g/mol. The first kappa shape index (κ1) is 13.3. The van der Waals surface area contributed by atoms with Crippen LogP contribution in [-0.2, 0) is 4.84 Å². The highest BCUT2D eigenvalue weighted by Gasteiger charge is 2.26. The quantitative estimate of drug-likeness (QED) is 0.867. The van der Waals surface area contributed by atoms with Crippen LogP contribution in [-0.4, -0.2) is 39.3 Å². The molecule has 1 aromatic carbocycles. The van der Waals surface area contributed by atoms with E-state index in [9.17, 15) is 0 Å². The second-order valence-corrected chi connectivity index (χ2v) is 5.05. The lowest BCUT2D eigenvalue weighted by molar-refractivity contribution is 0.128. The fourth-order valence-electron chi connectivity index (χ4n) is 2.82. The molecule has 2 aliphatic heterocycles. The smallest absolute Gasteiger partial charge is 0.142 e. The van der Waals surface area contributed by atoms with E-state index in [4.69, 9.17) is 9.57 Å². The van der Waals surface area contributed by atoms with E-state index in [0.717, 1.165) is 49.8 Å². The molecule has 0 aromatic heterocycles. The number of ether oxygens (including phenoxy) is 1. The minimum Gasteiger partial charge on any atom is -0.495 e. The van der Waals surface area contributed by atoms with Crippen LogP contribution in [0.5, 0.6) is 5.75 Å². The maximum atomic E-state index is 5.50. The molecule has 0 saturated carbocycles. The number of hydroxylamine groups is 1. The van der Waals surface area contributed by atoms with Gasteiger partial charge in [0.05, 0.1) is 19.3 Å². The maximum absolute atomic E-state index is 5.50. The van der Waals surface area contributed by atoms with Crippen molar-refractivity contribution in [1.29, 1.82) is 0 Å². The summed E-state index contributed by atoms with van der Waals surface area (Å²) >= 11 is 0. The molecule has 1 unspecified atom stereocenters. The van der Waals surface area contributed by atoms with Crippen LogP contribution < -0.4 is 20.4 Å². The Hall–Kier alpha value is -1.72. The Labute approximate surface area is 119 Å². The fourth-order valence-corrected chi connectivity index (χ4v) is 2.82. The topological polar surface area (TPSA) is 45.8 Å². The third-order valence-corrected chi connectivity index (χ3v) is 3.80. The molecule has 5 heteroatoms. The summed E-state index contributed by atoms with van der Waals surface area (Å²) in [5.41, 5.74) is 4.04. The minimum absolute atomic E-state index is 0.381. The maximum Gasteiger partial charge on any atom is 0.142 e. The molecule has 1 fully saturated rings. The van der Waals surface area contributed by atoms with Crippen LogP contribution in [0, 0.1) is 0 Å². The van der Waals surface area contributed by atoms with Crippen LogP contribution in [0.1, 0.15) is 6.42 Å². The van der Waals surface area contributed by atoms with E-state index in [-0.39, 0.29) is 0 Å². The SMILES string of the molecule is COc1ccccc1N1CCNCC1CC1=CCNO1. The highest BCUT2D eigenvalue weighted by Crippen LogP contribution is 2.31. The lowest BCUT2D eigenvalue weighted by Gasteiger charge is -2.38. The van der Waals surface area contributed by atoms with Crippen molar-refractivity contribution >= 4 is 5.69 Å². The van der Waals surface area contributed by atoms with Gasteiger partial charge in [0, 0.05) is 32.1 Å². The largest absolute Gasteiger partial charge is 0.495 e. The molecule has 20 heavy (non-hydrogen) atoms. The van der Waals surface area contributed by atoms with Crippen molar-refractivity contribution in [2.24, 2.45) is 0 Å². The summed E-state index contributed by atoms with van der Waals surface area (Å²) in [6, 6.07) is 8.59. The molecule has 2 N–H and O–H groups in total. The van der Waals surface area contributed by atoms with Crippen LogP contribution >= 0.6 is 0 Å². The second-order valence-electron chi connectivity index (χ2n) is 5.05. The molecule has 1 atom stereocenters. The van der Waals surface area contributed by atoms with Gasteiger partial charge in [-0.3, -0.25) is 0 Å². The Kier molecular flexibility index (Phi) is 4.08. The van der Waals surface area contributed by atoms with Crippen molar-refractivity contribution in [2.45, 2.75) is 12.5 Å². The normalized spacial score (nSPS) is 22.4. The summed E-state index contributed by atoms with van der Waals surface area (Å²) in [5, 5.41) is 3.46. The van der Waals surface area contributed by atoms with Crippen molar-refractivity contribution in [2.75, 3.05) is 38.2 Å². The van der Waals surface area contributed by atoms with Crippen LogP contribution in [0.4, 0.5) is 5.69 Å². The van der Waals surface area contributed by atoms with E-state index in [2.05, 4.69) is 33.9 Å². The molecule has 5 nitrogen and oxygen atoms in total. The summed E-state index contributed by atoms with van der Waals surface area (Å²) in [6.07, 6.45) is 3.01. The molecule has 3 rings (SSSR count). The Morgan fingerprint density at radius 3 is 3.10 bits per heavy atom. The Morgan fingerprint density at radius 2 is 2.30 bits per heavy atom. The van der Waals surface area contributed by atoms with Gasteiger partial charge in [-0.25, -0.2) is 0 Å². The molecule has 2 heterocycles. The van der Waals surface area contributed by atoms with Gasteiger partial charge in [0.25, 0.3) is 0 Å². The van der Waals surface area contributed by atoms with Gasteiger partial charge in [-0.1, -0.05) is 12.1 Å². The van der Waals surface area contributed by atoms with E-state index < -0.39 is 0 Å². The van der Waals surface area contributed by atoms with E-state index in [1.807, 2.05) is 12.1 Å². The van der Waals surface area contributed by atoms with Crippen molar-refractivity contribution in [3.63, 3.8) is 0 Å². The summed E-state index contributed by atoms with van der Waals surface area (Å²) in [6.45, 7) is 3.72. The van der Waals surface area contributed by atoms with Crippen LogP contribution in [0.15, 0.2) is 36.1 Å². The zero-order chi connectivity index (χ0) is 13.8. The number of hydrogen-bond acceptors (Lipinski definition) is 5. The molecule has 0 spiro atoms. The first-order valence-electron chi connectivity index (χ1n) is 7.07. The number of anilines is 1. The van der Waals surface area contributed by atoms with Gasteiger partial charge < -0.3 is 19.8 Å². The third kappa shape index (κ3) is 2.73. The van der Waals surface area contributed by atoms with Crippen LogP contribution in [0.25, 0.3) is 0 Å². The molecular formula is C15H21N3O2. The molecule has 0 radical (unpaired) electrons. The standard InChI is InChI=1S/C15H21N3O2/c1-19-15-5-3-2-4-14(15)18-9-8-16-11-12(18)10-13-6-7-17-20-13/h2-6,12,16-17H,7-11H2,1H3. The predicted molar refractivity (Wildman–Crippen MR) is 78.8 cm³/mol. The van der Waals surface area contributed by atoms with Crippen molar-refractivity contribution < 1.29 is 9.57 Å². The Balaban J connectivity index is 1.80. The lowest BCUT2D eigenvalue weighted by atomic mass is 10.1. The molecule has 1 saturated heterocycles. The molecule has 0 aliphatic carbocycles. The van der Waals surface area contributed by atoms with E-state index in [1.165, 1.54) is 0 Å². The first-order valence-corrected chi connectivity index (χ1v) is 7.07. The van der Waals surface area contributed by atoms with E-state index in [1.54, 1.807) is 7.11 Å². The number of nitrogens with zero attached hydrogens (tertiary/aromatic N) is 1. The number of hydrogen-bond donors (Lipinski definition) is 2. The number of benzene rings is 1. The van der Waals surface area contributed by atoms with Gasteiger partial charge in [-0.05, 0) is 18.2 Å². The zero-order valence-corrected chi connectivity index (χ0v) is 11.8. The summed E-state index contributed by atoms with van der Waals surface area (Å²) in [7, 11) is 1.72. The van der Waals surface area contributed by atoms with Gasteiger partial charge in [0.2, 0.25) is 0 Å². The highest BCUT2D eigenvalue weighted by molar-refractivity contribution is 5.59. The summed E-state index contributed by atoms with van der Waals surface area (Å²) in [5.74, 6) is 1.96. The third-order valence-electron chi connectivity index (χ3n) is 3.80. The van der Waals surface area contributed by atoms with E-state index in [0.29, 0.717) is 6.04 Å². The summed E-state index contributed by atoms with van der Waals surface area (Å²) in [4.78, 5) is 7.84. The zero-order valence-electron chi connectivity index (χ0n) is 11.8. The number of rotatable bonds is 4. The van der Waals surface area contributed by atoms with Gasteiger partial charge in [0.15, 0.2) is 0 Å². The lowest BCUT2D eigenvalue weighted by Crippen LogP contribution is -2.51. The van der Waals surface area contributed by atoms with E-state index >= 15 is 0 Å². The van der Waals surface area contributed by atoms with Crippen molar-refractivity contribution in [1.82, 2.24) is 10.8 Å². The van der Waals surface area contributed by atoms with Gasteiger partial charge in [0.1, 0.15) is 11.5 Å². The molecular weight excluding hydrogens is 254 g/mol.